The number of nitrogens with two attached hydrogens (primary N) is 1. The van der Waals surface area contributed by atoms with E-state index in [0.717, 1.165) is 19.3 Å². The fraction of sp³-hybridized carbons (Fsp3) is 0.263. The summed E-state index contributed by atoms with van der Waals surface area (Å²) in [7, 11) is 0. The van der Waals surface area contributed by atoms with Gasteiger partial charge in [-0.25, -0.2) is 4.79 Å². The van der Waals surface area contributed by atoms with Crippen molar-refractivity contribution < 1.29 is 19.8 Å². The summed E-state index contributed by atoms with van der Waals surface area (Å²) in [5.41, 5.74) is 7.05. The summed E-state index contributed by atoms with van der Waals surface area (Å²) in [6, 6.07) is 11.0. The van der Waals surface area contributed by atoms with Gasteiger partial charge in [0.05, 0.1) is 5.56 Å². The quantitative estimate of drug-likeness (QED) is 0.550. The minimum absolute atomic E-state index is 0.0446. The molecule has 1 amide bonds. The number of amides is 1. The number of rotatable bonds is 8. The van der Waals surface area contributed by atoms with E-state index in [0.29, 0.717) is 29.8 Å². The lowest BCUT2D eigenvalue weighted by Crippen LogP contribution is -2.12. The molecule has 2 aromatic carbocycles. The molecule has 0 saturated heterocycles. The Morgan fingerprint density at radius 2 is 1.84 bits per heavy atom. The van der Waals surface area contributed by atoms with Gasteiger partial charge in [-0.2, -0.15) is 0 Å². The van der Waals surface area contributed by atoms with Gasteiger partial charge in [0.15, 0.2) is 0 Å². The average Bonchev–Trinajstić information content (AvgIpc) is 2.58. The van der Waals surface area contributed by atoms with Crippen molar-refractivity contribution in [2.75, 3.05) is 11.9 Å². The Labute approximate surface area is 146 Å². The van der Waals surface area contributed by atoms with Gasteiger partial charge in [-0.15, -0.1) is 0 Å². The van der Waals surface area contributed by atoms with Gasteiger partial charge in [0, 0.05) is 12.1 Å². The number of unbranched alkanes of at least 4 members (excludes halogenated alkanes) is 2. The summed E-state index contributed by atoms with van der Waals surface area (Å²) in [5.74, 6) is -1.15. The van der Waals surface area contributed by atoms with E-state index in [1.54, 1.807) is 24.3 Å². The molecule has 2 aromatic rings. The highest BCUT2D eigenvalue weighted by Gasteiger charge is 2.14. The number of benzene rings is 2. The van der Waals surface area contributed by atoms with Crippen LogP contribution in [0.2, 0.25) is 0 Å². The number of carboxylic acid groups (broad SMARTS) is 1. The molecule has 0 aromatic heterocycles. The largest absolute Gasteiger partial charge is 0.508 e. The number of carboxylic acids is 1. The van der Waals surface area contributed by atoms with Gasteiger partial charge in [-0.1, -0.05) is 18.6 Å². The van der Waals surface area contributed by atoms with Crippen molar-refractivity contribution in [1.82, 2.24) is 0 Å². The van der Waals surface area contributed by atoms with Crippen LogP contribution in [0.15, 0.2) is 42.5 Å². The lowest BCUT2D eigenvalue weighted by molar-refractivity contribution is -0.116. The van der Waals surface area contributed by atoms with Gasteiger partial charge in [0.25, 0.3) is 0 Å². The molecule has 25 heavy (non-hydrogen) atoms. The Hall–Kier alpha value is -2.86. The van der Waals surface area contributed by atoms with Crippen molar-refractivity contribution in [2.45, 2.75) is 25.7 Å². The fourth-order valence-electron chi connectivity index (χ4n) is 2.55. The number of hydrogen-bond donors (Lipinski definition) is 4. The normalized spacial score (nSPS) is 10.4. The number of aromatic hydroxyl groups is 1. The van der Waals surface area contributed by atoms with E-state index in [2.05, 4.69) is 5.32 Å². The molecule has 2 rings (SSSR count). The molecule has 132 valence electrons. The Morgan fingerprint density at radius 3 is 2.52 bits per heavy atom. The van der Waals surface area contributed by atoms with Crippen LogP contribution in [0.25, 0.3) is 11.1 Å². The van der Waals surface area contributed by atoms with Crippen molar-refractivity contribution in [2.24, 2.45) is 5.73 Å². The molecule has 0 atom stereocenters. The minimum atomic E-state index is -1.07. The second-order valence-corrected chi connectivity index (χ2v) is 5.76. The molecule has 6 nitrogen and oxygen atoms in total. The zero-order valence-electron chi connectivity index (χ0n) is 13.9. The Morgan fingerprint density at radius 1 is 1.04 bits per heavy atom. The summed E-state index contributed by atoms with van der Waals surface area (Å²) in [4.78, 5) is 23.5. The number of phenols is 1. The Balaban J connectivity index is 2.20. The van der Waals surface area contributed by atoms with E-state index in [4.69, 9.17) is 5.73 Å². The first-order chi connectivity index (χ1) is 12.0. The number of aromatic carboxylic acids is 1. The maximum atomic E-state index is 12.0. The second-order valence-electron chi connectivity index (χ2n) is 5.76. The maximum Gasteiger partial charge on any atom is 0.336 e. The predicted molar refractivity (Wildman–Crippen MR) is 96.7 cm³/mol. The van der Waals surface area contributed by atoms with Crippen LogP contribution in [-0.4, -0.2) is 28.6 Å². The molecule has 0 bridgehead atoms. The lowest BCUT2D eigenvalue weighted by Gasteiger charge is -2.11. The smallest absolute Gasteiger partial charge is 0.336 e. The summed E-state index contributed by atoms with van der Waals surface area (Å²) < 4.78 is 0. The van der Waals surface area contributed by atoms with E-state index >= 15 is 0 Å². The zero-order chi connectivity index (χ0) is 18.2. The molecule has 0 aliphatic carbocycles. The van der Waals surface area contributed by atoms with Crippen molar-refractivity contribution in [1.29, 1.82) is 0 Å². The van der Waals surface area contributed by atoms with Gasteiger partial charge in [-0.3, -0.25) is 4.79 Å². The van der Waals surface area contributed by atoms with Crippen LogP contribution in [0, 0.1) is 0 Å². The van der Waals surface area contributed by atoms with Crippen LogP contribution in [0.5, 0.6) is 5.75 Å². The third kappa shape index (κ3) is 5.32. The highest BCUT2D eigenvalue weighted by Crippen LogP contribution is 2.29. The molecule has 0 aliphatic rings. The van der Waals surface area contributed by atoms with E-state index < -0.39 is 5.97 Å². The first-order valence-corrected chi connectivity index (χ1v) is 8.18. The van der Waals surface area contributed by atoms with Gasteiger partial charge < -0.3 is 21.3 Å². The summed E-state index contributed by atoms with van der Waals surface area (Å²) >= 11 is 0. The predicted octanol–water partition coefficient (Wildman–Crippen LogP) is 3.22. The van der Waals surface area contributed by atoms with Crippen LogP contribution in [0.1, 0.15) is 36.0 Å². The molecule has 6 heteroatoms. The lowest BCUT2D eigenvalue weighted by atomic mass is 9.98. The number of hydrogen-bond acceptors (Lipinski definition) is 4. The third-order valence-corrected chi connectivity index (χ3v) is 3.80. The molecule has 0 unspecified atom stereocenters. The zero-order valence-corrected chi connectivity index (χ0v) is 13.9. The van der Waals surface area contributed by atoms with E-state index in [1.807, 2.05) is 0 Å². The SMILES string of the molecule is NCCCCCC(=O)Nc1ccc(C(=O)O)c(-c2cccc(O)c2)c1. The molecular weight excluding hydrogens is 320 g/mol. The van der Waals surface area contributed by atoms with Gasteiger partial charge >= 0.3 is 5.97 Å². The molecule has 5 N–H and O–H groups in total. The maximum absolute atomic E-state index is 12.0. The Bertz CT molecular complexity index is 759. The molecule has 0 spiro atoms. The van der Waals surface area contributed by atoms with E-state index in [9.17, 15) is 19.8 Å². The van der Waals surface area contributed by atoms with Crippen LogP contribution in [-0.2, 0) is 4.79 Å². The first-order valence-electron chi connectivity index (χ1n) is 8.18. The molecule has 0 aliphatic heterocycles. The number of carbonyl (C=O) groups is 2. The summed E-state index contributed by atoms with van der Waals surface area (Å²) in [5, 5.41) is 21.8. The van der Waals surface area contributed by atoms with Crippen LogP contribution in [0.4, 0.5) is 5.69 Å². The van der Waals surface area contributed by atoms with E-state index in [1.165, 1.54) is 18.2 Å². The minimum Gasteiger partial charge on any atom is -0.508 e. The molecule has 0 heterocycles. The van der Waals surface area contributed by atoms with E-state index in [-0.39, 0.29) is 17.2 Å². The van der Waals surface area contributed by atoms with Crippen molar-refractivity contribution in [3.05, 3.63) is 48.0 Å². The standard InChI is InChI=1S/C19H22N2O4/c20-10-3-1-2-7-18(23)21-14-8-9-16(19(24)25)17(12-14)13-5-4-6-15(22)11-13/h4-6,8-9,11-12,22H,1-3,7,10,20H2,(H,21,23)(H,24,25). The number of carbonyl (C=O) groups excluding carboxylic acids is 1. The summed E-state index contributed by atoms with van der Waals surface area (Å²) in [6.07, 6.45) is 2.94. The number of nitrogens with one attached hydrogen (secondary N) is 1. The second kappa shape index (κ2) is 8.84. The van der Waals surface area contributed by atoms with Crippen molar-refractivity contribution in [3.63, 3.8) is 0 Å². The highest BCUT2D eigenvalue weighted by atomic mass is 16.4. The monoisotopic (exact) mass is 342 g/mol. The number of phenolic OH excluding ortho intramolecular Hbond substituents is 1. The number of anilines is 1. The van der Waals surface area contributed by atoms with Gasteiger partial charge in [0.2, 0.25) is 5.91 Å². The van der Waals surface area contributed by atoms with Crippen molar-refractivity contribution >= 4 is 17.6 Å². The molecular formula is C19H22N2O4. The third-order valence-electron chi connectivity index (χ3n) is 3.80. The fourth-order valence-corrected chi connectivity index (χ4v) is 2.55. The highest BCUT2D eigenvalue weighted by molar-refractivity contribution is 5.98. The Kier molecular flexibility index (Phi) is 6.54. The molecule has 0 radical (unpaired) electrons. The van der Waals surface area contributed by atoms with Gasteiger partial charge in [-0.05, 0) is 60.8 Å². The van der Waals surface area contributed by atoms with Crippen LogP contribution >= 0.6 is 0 Å². The first kappa shape index (κ1) is 18.5. The van der Waals surface area contributed by atoms with Crippen LogP contribution < -0.4 is 11.1 Å². The molecule has 0 fully saturated rings. The summed E-state index contributed by atoms with van der Waals surface area (Å²) in [6.45, 7) is 0.617. The van der Waals surface area contributed by atoms with Crippen LogP contribution in [0.3, 0.4) is 0 Å². The molecule has 0 saturated carbocycles. The topological polar surface area (TPSA) is 113 Å². The van der Waals surface area contributed by atoms with Crippen molar-refractivity contribution in [3.8, 4) is 16.9 Å². The average molecular weight is 342 g/mol. The van der Waals surface area contributed by atoms with Gasteiger partial charge in [0.1, 0.15) is 5.75 Å².